The van der Waals surface area contributed by atoms with Crippen molar-refractivity contribution in [3.05, 3.63) is 74.1 Å². The minimum Gasteiger partial charge on any atom is -0.383 e. The Bertz CT molecular complexity index is 968. The van der Waals surface area contributed by atoms with Crippen LogP contribution in [0.3, 0.4) is 0 Å². The molecule has 0 aliphatic carbocycles. The van der Waals surface area contributed by atoms with E-state index in [4.69, 9.17) is 0 Å². The maximum absolute atomic E-state index is 13.7. The molecule has 0 aliphatic rings. The fourth-order valence-corrected chi connectivity index (χ4v) is 4.97. The topological polar surface area (TPSA) is 66.4 Å². The van der Waals surface area contributed by atoms with Crippen LogP contribution >= 0.6 is 22.7 Å². The van der Waals surface area contributed by atoms with Crippen molar-refractivity contribution in [2.24, 2.45) is 0 Å². The first-order valence-electron chi connectivity index (χ1n) is 7.10. The van der Waals surface area contributed by atoms with Crippen LogP contribution in [0.1, 0.15) is 21.4 Å². The summed E-state index contributed by atoms with van der Waals surface area (Å²) in [5.74, 6) is -1.99. The third kappa shape index (κ3) is 4.13. The van der Waals surface area contributed by atoms with Gasteiger partial charge in [0, 0.05) is 22.4 Å². The summed E-state index contributed by atoms with van der Waals surface area (Å²) < 4.78 is 53.1. The normalized spacial score (nSPS) is 13.1. The Hall–Kier alpha value is -1.65. The molecule has 3 rings (SSSR count). The summed E-state index contributed by atoms with van der Waals surface area (Å²) in [6.07, 6.45) is -0.767. The molecule has 0 amide bonds. The molecule has 0 saturated carbocycles. The van der Waals surface area contributed by atoms with Gasteiger partial charge in [-0.1, -0.05) is 0 Å². The standard InChI is InChI=1S/C16H13F2NO3S3/c17-11-1-4-15(13(18)7-11)25(21,22)19-8-12-2-3-14(24-12)16(20)10-5-6-23-9-10/h1-7,9,16,19-20H,8H2. The summed E-state index contributed by atoms with van der Waals surface area (Å²) in [7, 11) is -4.11. The van der Waals surface area contributed by atoms with Crippen molar-refractivity contribution >= 4 is 32.7 Å². The third-order valence-corrected chi connectivity index (χ3v) is 6.70. The average molecular weight is 401 g/mol. The lowest BCUT2D eigenvalue weighted by Crippen LogP contribution is -2.23. The smallest absolute Gasteiger partial charge is 0.243 e. The van der Waals surface area contributed by atoms with Crippen molar-refractivity contribution in [2.45, 2.75) is 17.5 Å². The number of hydrogen-bond donors (Lipinski definition) is 2. The van der Waals surface area contributed by atoms with Crippen LogP contribution in [0.15, 0.2) is 52.1 Å². The molecule has 132 valence electrons. The third-order valence-electron chi connectivity index (χ3n) is 3.43. The number of rotatable bonds is 6. The Kier molecular flexibility index (Phi) is 5.30. The van der Waals surface area contributed by atoms with Gasteiger partial charge in [-0.3, -0.25) is 0 Å². The van der Waals surface area contributed by atoms with E-state index in [2.05, 4.69) is 4.72 Å². The van der Waals surface area contributed by atoms with Gasteiger partial charge in [0.1, 0.15) is 22.6 Å². The van der Waals surface area contributed by atoms with E-state index in [9.17, 15) is 22.3 Å². The minimum absolute atomic E-state index is 0.0554. The van der Waals surface area contributed by atoms with Gasteiger partial charge in [0.05, 0.1) is 0 Å². The zero-order chi connectivity index (χ0) is 18.0. The van der Waals surface area contributed by atoms with E-state index in [1.807, 2.05) is 16.8 Å². The summed E-state index contributed by atoms with van der Waals surface area (Å²) in [6.45, 7) is -0.0554. The molecular formula is C16H13F2NO3S3. The number of thiophene rings is 2. The lowest BCUT2D eigenvalue weighted by Gasteiger charge is -2.07. The highest BCUT2D eigenvalue weighted by molar-refractivity contribution is 7.89. The zero-order valence-corrected chi connectivity index (χ0v) is 15.1. The molecule has 0 bridgehead atoms. The summed E-state index contributed by atoms with van der Waals surface area (Å²) in [6, 6.07) is 7.52. The second-order valence-corrected chi connectivity index (χ2v) is 8.88. The number of hydrogen-bond acceptors (Lipinski definition) is 5. The highest BCUT2D eigenvalue weighted by atomic mass is 32.2. The number of aliphatic hydroxyl groups is 1. The maximum Gasteiger partial charge on any atom is 0.243 e. The molecule has 0 saturated heterocycles. The van der Waals surface area contributed by atoms with Gasteiger partial charge in [-0.25, -0.2) is 21.9 Å². The van der Waals surface area contributed by atoms with Crippen LogP contribution in [-0.4, -0.2) is 13.5 Å². The van der Waals surface area contributed by atoms with Crippen LogP contribution in [0.2, 0.25) is 0 Å². The van der Waals surface area contributed by atoms with Gasteiger partial charge in [0.25, 0.3) is 0 Å². The average Bonchev–Trinajstić information content (AvgIpc) is 3.24. The molecule has 25 heavy (non-hydrogen) atoms. The number of sulfonamides is 1. The van der Waals surface area contributed by atoms with Crippen LogP contribution in [-0.2, 0) is 16.6 Å². The van der Waals surface area contributed by atoms with E-state index in [1.165, 1.54) is 22.7 Å². The Labute approximate surface area is 151 Å². The first-order chi connectivity index (χ1) is 11.9. The summed E-state index contributed by atoms with van der Waals surface area (Å²) in [4.78, 5) is 0.736. The predicted molar refractivity (Wildman–Crippen MR) is 93.1 cm³/mol. The molecule has 4 nitrogen and oxygen atoms in total. The molecule has 1 aromatic carbocycles. The second-order valence-electron chi connectivity index (χ2n) is 5.16. The molecule has 2 aromatic heterocycles. The Balaban J connectivity index is 1.71. The fraction of sp³-hybridized carbons (Fsp3) is 0.125. The molecule has 0 fully saturated rings. The van der Waals surface area contributed by atoms with Crippen LogP contribution in [0.4, 0.5) is 8.78 Å². The van der Waals surface area contributed by atoms with Gasteiger partial charge in [-0.05, 0) is 46.7 Å². The quantitative estimate of drug-likeness (QED) is 0.663. The van der Waals surface area contributed by atoms with Crippen molar-refractivity contribution in [3.63, 3.8) is 0 Å². The van der Waals surface area contributed by atoms with Gasteiger partial charge in [0.2, 0.25) is 10.0 Å². The van der Waals surface area contributed by atoms with Crippen LogP contribution in [0.25, 0.3) is 0 Å². The van der Waals surface area contributed by atoms with Gasteiger partial charge < -0.3 is 5.11 Å². The molecule has 2 heterocycles. The minimum atomic E-state index is -4.11. The first kappa shape index (κ1) is 18.2. The highest BCUT2D eigenvalue weighted by Crippen LogP contribution is 2.29. The van der Waals surface area contributed by atoms with E-state index < -0.39 is 32.7 Å². The Morgan fingerprint density at radius 3 is 2.64 bits per heavy atom. The van der Waals surface area contributed by atoms with Crippen LogP contribution < -0.4 is 4.72 Å². The monoisotopic (exact) mass is 401 g/mol. The van der Waals surface area contributed by atoms with Gasteiger partial charge in [0.15, 0.2) is 0 Å². The first-order valence-corrected chi connectivity index (χ1v) is 10.3. The van der Waals surface area contributed by atoms with Gasteiger partial charge in [-0.2, -0.15) is 11.3 Å². The van der Waals surface area contributed by atoms with Crippen molar-refractivity contribution in [3.8, 4) is 0 Å². The Morgan fingerprint density at radius 2 is 1.96 bits per heavy atom. The molecule has 3 aromatic rings. The fourth-order valence-electron chi connectivity index (χ4n) is 2.17. The largest absolute Gasteiger partial charge is 0.383 e. The molecule has 1 atom stereocenters. The van der Waals surface area contributed by atoms with E-state index in [1.54, 1.807) is 12.1 Å². The molecule has 2 N–H and O–H groups in total. The van der Waals surface area contributed by atoms with E-state index in [0.29, 0.717) is 15.8 Å². The maximum atomic E-state index is 13.7. The molecular weight excluding hydrogens is 388 g/mol. The van der Waals surface area contributed by atoms with E-state index in [0.717, 1.165) is 17.7 Å². The number of benzene rings is 1. The summed E-state index contributed by atoms with van der Waals surface area (Å²) in [5.41, 5.74) is 0.771. The summed E-state index contributed by atoms with van der Waals surface area (Å²) >= 11 is 2.73. The zero-order valence-electron chi connectivity index (χ0n) is 12.6. The lowest BCUT2D eigenvalue weighted by molar-refractivity contribution is 0.224. The van der Waals surface area contributed by atoms with Crippen molar-refractivity contribution in [2.75, 3.05) is 0 Å². The van der Waals surface area contributed by atoms with Crippen molar-refractivity contribution in [1.29, 1.82) is 0 Å². The summed E-state index contributed by atoms with van der Waals surface area (Å²) in [5, 5.41) is 14.0. The van der Waals surface area contributed by atoms with E-state index in [-0.39, 0.29) is 6.54 Å². The molecule has 1 unspecified atom stereocenters. The number of nitrogens with one attached hydrogen (secondary N) is 1. The van der Waals surface area contributed by atoms with Gasteiger partial charge >= 0.3 is 0 Å². The second kappa shape index (κ2) is 7.30. The number of aliphatic hydroxyl groups excluding tert-OH is 1. The van der Waals surface area contributed by atoms with E-state index >= 15 is 0 Å². The Morgan fingerprint density at radius 1 is 1.16 bits per heavy atom. The molecule has 0 spiro atoms. The van der Waals surface area contributed by atoms with Crippen LogP contribution in [0, 0.1) is 11.6 Å². The van der Waals surface area contributed by atoms with Crippen molar-refractivity contribution in [1.82, 2.24) is 4.72 Å². The lowest BCUT2D eigenvalue weighted by atomic mass is 10.2. The van der Waals surface area contributed by atoms with Gasteiger partial charge in [-0.15, -0.1) is 11.3 Å². The number of halogens is 2. The predicted octanol–water partition coefficient (Wildman–Crippen LogP) is 3.65. The SMILES string of the molecule is O=S(=O)(NCc1ccc(C(O)c2ccsc2)s1)c1ccc(F)cc1F. The molecule has 9 heteroatoms. The highest BCUT2D eigenvalue weighted by Gasteiger charge is 2.20. The van der Waals surface area contributed by atoms with Crippen LogP contribution in [0.5, 0.6) is 0 Å². The molecule has 0 radical (unpaired) electrons. The van der Waals surface area contributed by atoms with Crippen molar-refractivity contribution < 1.29 is 22.3 Å². The molecule has 0 aliphatic heterocycles.